The van der Waals surface area contributed by atoms with Gasteiger partial charge in [-0.2, -0.15) is 13.2 Å². The van der Waals surface area contributed by atoms with Crippen molar-refractivity contribution in [2.75, 3.05) is 11.1 Å². The molecule has 0 radical (unpaired) electrons. The van der Waals surface area contributed by atoms with Gasteiger partial charge < -0.3 is 11.1 Å². The fourth-order valence-corrected chi connectivity index (χ4v) is 0.992. The predicted molar refractivity (Wildman–Crippen MR) is 50.1 cm³/mol. The minimum atomic E-state index is -4.59. The van der Waals surface area contributed by atoms with Gasteiger partial charge in [-0.05, 0) is 18.2 Å². The number of amides is 1. The van der Waals surface area contributed by atoms with E-state index in [1.165, 1.54) is 6.07 Å². The summed E-state index contributed by atoms with van der Waals surface area (Å²) in [6.45, 7) is 0. The lowest BCUT2D eigenvalue weighted by molar-refractivity contribution is -0.150. The van der Waals surface area contributed by atoms with Gasteiger partial charge in [0.05, 0.1) is 5.69 Å². The Morgan fingerprint density at radius 1 is 1.38 bits per heavy atom. The smallest absolute Gasteiger partial charge is 0.396 e. The van der Waals surface area contributed by atoms with E-state index in [1.54, 1.807) is 0 Å². The summed E-state index contributed by atoms with van der Waals surface area (Å²) in [6, 6.07) is 3.22. The Morgan fingerprint density at radius 3 is 2.50 bits per heavy atom. The summed E-state index contributed by atoms with van der Waals surface area (Å²) in [4.78, 5) is 10.8. The number of nitrogens with two attached hydrogens (primary N) is 1. The first-order chi connectivity index (χ1) is 7.28. The second kappa shape index (κ2) is 4.38. The molecular weight excluding hydrogens is 228 g/mol. The van der Waals surface area contributed by atoms with Gasteiger partial charge in [0.2, 0.25) is 5.91 Å². The number of nitrogen functional groups attached to an aromatic ring is 1. The number of benzene rings is 1. The predicted octanol–water partition coefficient (Wildman–Crippen LogP) is 2.30. The normalized spacial score (nSPS) is 11.2. The van der Waals surface area contributed by atoms with Gasteiger partial charge in [0.15, 0.2) is 0 Å². The number of alkyl halides is 3. The van der Waals surface area contributed by atoms with E-state index in [0.717, 1.165) is 12.1 Å². The highest BCUT2D eigenvalue weighted by atomic mass is 19.4. The molecule has 3 nitrogen and oxygen atoms in total. The highest BCUT2D eigenvalue weighted by Crippen LogP contribution is 2.21. The fourth-order valence-electron chi connectivity index (χ4n) is 0.992. The van der Waals surface area contributed by atoms with Crippen LogP contribution in [-0.4, -0.2) is 12.1 Å². The summed E-state index contributed by atoms with van der Waals surface area (Å²) in [6.07, 6.45) is -6.20. The summed E-state index contributed by atoms with van der Waals surface area (Å²) < 4.78 is 48.3. The summed E-state index contributed by atoms with van der Waals surface area (Å²) in [5.74, 6) is -2.05. The van der Waals surface area contributed by atoms with Crippen LogP contribution >= 0.6 is 0 Å². The van der Waals surface area contributed by atoms with Gasteiger partial charge in [-0.3, -0.25) is 4.79 Å². The zero-order chi connectivity index (χ0) is 12.3. The number of carbonyl (C=O) groups excluding carboxylic acids is 1. The van der Waals surface area contributed by atoms with Crippen molar-refractivity contribution < 1.29 is 22.4 Å². The molecule has 1 rings (SSSR count). The van der Waals surface area contributed by atoms with Gasteiger partial charge in [-0.1, -0.05) is 0 Å². The highest BCUT2D eigenvalue weighted by molar-refractivity contribution is 5.91. The molecule has 0 atom stereocenters. The van der Waals surface area contributed by atoms with Crippen molar-refractivity contribution in [2.45, 2.75) is 12.6 Å². The van der Waals surface area contributed by atoms with E-state index in [4.69, 9.17) is 5.73 Å². The van der Waals surface area contributed by atoms with Crippen LogP contribution in [0.25, 0.3) is 0 Å². The van der Waals surface area contributed by atoms with E-state index in [1.807, 2.05) is 5.32 Å². The number of nitrogens with one attached hydrogen (secondary N) is 1. The van der Waals surface area contributed by atoms with Crippen LogP contribution in [0.5, 0.6) is 0 Å². The standard InChI is InChI=1S/C9H8F4N2O/c10-6-3-5(1-2-7(6)14)15-8(16)4-9(11,12)13/h1-3H,4,14H2,(H,15,16). The minimum absolute atomic E-state index is 0.0686. The van der Waals surface area contributed by atoms with Crippen LogP contribution in [0.1, 0.15) is 6.42 Å². The summed E-state index contributed by atoms with van der Waals surface area (Å²) in [7, 11) is 0. The van der Waals surface area contributed by atoms with Gasteiger partial charge in [0.25, 0.3) is 0 Å². The Bertz CT molecular complexity index is 403. The van der Waals surface area contributed by atoms with Crippen LogP contribution in [0.3, 0.4) is 0 Å². The van der Waals surface area contributed by atoms with Crippen LogP contribution in [0, 0.1) is 5.82 Å². The maximum atomic E-state index is 12.9. The second-order valence-electron chi connectivity index (χ2n) is 3.08. The van der Waals surface area contributed by atoms with Crippen LogP contribution in [0.4, 0.5) is 28.9 Å². The molecule has 0 aliphatic heterocycles. The molecule has 7 heteroatoms. The van der Waals surface area contributed by atoms with Crippen molar-refractivity contribution in [1.29, 1.82) is 0 Å². The zero-order valence-electron chi connectivity index (χ0n) is 7.94. The van der Waals surface area contributed by atoms with Gasteiger partial charge in [0, 0.05) is 5.69 Å². The molecule has 0 bridgehead atoms. The van der Waals surface area contributed by atoms with Gasteiger partial charge in [-0.15, -0.1) is 0 Å². The van der Waals surface area contributed by atoms with E-state index in [9.17, 15) is 22.4 Å². The van der Waals surface area contributed by atoms with Crippen molar-refractivity contribution in [3.8, 4) is 0 Å². The lowest BCUT2D eigenvalue weighted by Gasteiger charge is -2.08. The number of carbonyl (C=O) groups is 1. The average Bonchev–Trinajstić information content (AvgIpc) is 2.08. The third kappa shape index (κ3) is 3.76. The molecule has 1 amide bonds. The molecule has 1 aromatic carbocycles. The Kier molecular flexibility index (Phi) is 3.36. The van der Waals surface area contributed by atoms with Crippen LogP contribution in [-0.2, 0) is 4.79 Å². The molecule has 0 aromatic heterocycles. The third-order valence-electron chi connectivity index (χ3n) is 1.65. The molecule has 16 heavy (non-hydrogen) atoms. The Labute approximate surface area is 88.2 Å². The number of hydrogen-bond donors (Lipinski definition) is 2. The molecule has 0 heterocycles. The maximum Gasteiger partial charge on any atom is 0.397 e. The number of anilines is 2. The first kappa shape index (κ1) is 12.3. The Balaban J connectivity index is 2.67. The fraction of sp³-hybridized carbons (Fsp3) is 0.222. The van der Waals surface area contributed by atoms with Crippen molar-refractivity contribution in [3.05, 3.63) is 24.0 Å². The second-order valence-corrected chi connectivity index (χ2v) is 3.08. The Morgan fingerprint density at radius 2 is 2.00 bits per heavy atom. The van der Waals surface area contributed by atoms with Gasteiger partial charge in [0.1, 0.15) is 12.2 Å². The van der Waals surface area contributed by atoms with Crippen molar-refractivity contribution in [1.82, 2.24) is 0 Å². The molecule has 3 N–H and O–H groups in total. The number of halogens is 4. The molecule has 0 fully saturated rings. The van der Waals surface area contributed by atoms with Gasteiger partial charge in [-0.25, -0.2) is 4.39 Å². The van der Waals surface area contributed by atoms with Crippen LogP contribution in [0.15, 0.2) is 18.2 Å². The minimum Gasteiger partial charge on any atom is -0.396 e. The topological polar surface area (TPSA) is 55.1 Å². The average molecular weight is 236 g/mol. The summed E-state index contributed by atoms with van der Waals surface area (Å²) in [5.41, 5.74) is 4.94. The molecule has 0 saturated heterocycles. The lowest BCUT2D eigenvalue weighted by Crippen LogP contribution is -2.21. The molecule has 1 aromatic rings. The maximum absolute atomic E-state index is 12.9. The van der Waals surface area contributed by atoms with E-state index in [2.05, 4.69) is 0 Å². The van der Waals surface area contributed by atoms with Crippen LogP contribution in [0.2, 0.25) is 0 Å². The highest BCUT2D eigenvalue weighted by Gasteiger charge is 2.31. The summed E-state index contributed by atoms with van der Waals surface area (Å²) in [5, 5.41) is 1.91. The summed E-state index contributed by atoms with van der Waals surface area (Å²) >= 11 is 0. The van der Waals surface area contributed by atoms with Crippen molar-refractivity contribution in [2.24, 2.45) is 0 Å². The monoisotopic (exact) mass is 236 g/mol. The van der Waals surface area contributed by atoms with Crippen LogP contribution < -0.4 is 11.1 Å². The molecule has 0 aliphatic carbocycles. The molecule has 0 spiro atoms. The van der Waals surface area contributed by atoms with Crippen molar-refractivity contribution >= 4 is 17.3 Å². The molecule has 0 saturated carbocycles. The third-order valence-corrected chi connectivity index (χ3v) is 1.65. The molecule has 0 unspecified atom stereocenters. The molecule has 88 valence electrons. The zero-order valence-corrected chi connectivity index (χ0v) is 7.94. The van der Waals surface area contributed by atoms with E-state index in [-0.39, 0.29) is 11.4 Å². The van der Waals surface area contributed by atoms with Gasteiger partial charge >= 0.3 is 6.18 Å². The first-order valence-corrected chi connectivity index (χ1v) is 4.19. The van der Waals surface area contributed by atoms with E-state index < -0.39 is 24.3 Å². The first-order valence-electron chi connectivity index (χ1n) is 4.19. The lowest BCUT2D eigenvalue weighted by atomic mass is 10.2. The van der Waals surface area contributed by atoms with Crippen molar-refractivity contribution in [3.63, 3.8) is 0 Å². The number of rotatable bonds is 2. The molecular formula is C9H8F4N2O. The number of hydrogen-bond acceptors (Lipinski definition) is 2. The van der Waals surface area contributed by atoms with E-state index in [0.29, 0.717) is 0 Å². The largest absolute Gasteiger partial charge is 0.397 e. The van der Waals surface area contributed by atoms with E-state index >= 15 is 0 Å². The molecule has 0 aliphatic rings. The SMILES string of the molecule is Nc1ccc(NC(=O)CC(F)(F)F)cc1F. The quantitative estimate of drug-likeness (QED) is 0.611. The Hall–Kier alpha value is -1.79.